The van der Waals surface area contributed by atoms with Crippen LogP contribution in [-0.2, 0) is 4.79 Å². The van der Waals surface area contributed by atoms with E-state index in [1.54, 1.807) is 11.8 Å². The van der Waals surface area contributed by atoms with Crippen molar-refractivity contribution in [1.82, 2.24) is 5.32 Å². The maximum Gasteiger partial charge on any atom is 0.324 e. The number of hydrogen-bond acceptors (Lipinski definition) is 3. The van der Waals surface area contributed by atoms with Crippen molar-refractivity contribution in [3.05, 3.63) is 0 Å². The lowest BCUT2D eigenvalue weighted by Crippen LogP contribution is -2.56. The van der Waals surface area contributed by atoms with E-state index in [-0.39, 0.29) is 6.04 Å². The van der Waals surface area contributed by atoms with Crippen molar-refractivity contribution in [1.29, 1.82) is 0 Å². The molecule has 1 saturated heterocycles. The number of aliphatic carboxylic acids is 1. The SMILES string of the molecule is CC(C)C(C)NC1(C(=O)O)CCSC1. The maximum atomic E-state index is 11.2. The topological polar surface area (TPSA) is 49.3 Å². The van der Waals surface area contributed by atoms with Gasteiger partial charge in [-0.2, -0.15) is 11.8 Å². The highest BCUT2D eigenvalue weighted by Crippen LogP contribution is 2.29. The Hall–Kier alpha value is -0.220. The minimum absolute atomic E-state index is 0.254. The van der Waals surface area contributed by atoms with Crippen LogP contribution in [-0.4, -0.2) is 34.2 Å². The molecule has 3 nitrogen and oxygen atoms in total. The molecule has 14 heavy (non-hydrogen) atoms. The van der Waals surface area contributed by atoms with Gasteiger partial charge in [0.2, 0.25) is 0 Å². The van der Waals surface area contributed by atoms with Gasteiger partial charge in [-0.25, -0.2) is 0 Å². The zero-order valence-electron chi connectivity index (χ0n) is 9.04. The summed E-state index contributed by atoms with van der Waals surface area (Å²) in [5.41, 5.74) is -0.672. The van der Waals surface area contributed by atoms with Crippen molar-refractivity contribution >= 4 is 17.7 Å². The molecule has 0 aromatic heterocycles. The number of rotatable bonds is 4. The van der Waals surface area contributed by atoms with E-state index in [0.29, 0.717) is 11.7 Å². The molecule has 0 radical (unpaired) electrons. The third-order valence-electron chi connectivity index (χ3n) is 2.93. The lowest BCUT2D eigenvalue weighted by molar-refractivity contribution is -0.144. The first-order valence-corrected chi connectivity index (χ1v) is 6.22. The van der Waals surface area contributed by atoms with Gasteiger partial charge in [-0.3, -0.25) is 10.1 Å². The third-order valence-corrected chi connectivity index (χ3v) is 4.12. The number of carboxylic acid groups (broad SMARTS) is 1. The van der Waals surface area contributed by atoms with E-state index in [2.05, 4.69) is 26.1 Å². The summed E-state index contributed by atoms with van der Waals surface area (Å²) in [6.45, 7) is 6.27. The zero-order chi connectivity index (χ0) is 10.8. The second-order valence-electron chi connectivity index (χ2n) is 4.37. The molecule has 0 bridgehead atoms. The first-order chi connectivity index (χ1) is 6.48. The van der Waals surface area contributed by atoms with Crippen LogP contribution in [0.1, 0.15) is 27.2 Å². The molecule has 0 saturated carbocycles. The van der Waals surface area contributed by atoms with E-state index < -0.39 is 11.5 Å². The fraction of sp³-hybridized carbons (Fsp3) is 0.900. The van der Waals surface area contributed by atoms with E-state index >= 15 is 0 Å². The highest BCUT2D eigenvalue weighted by Gasteiger charge is 2.42. The number of thioether (sulfide) groups is 1. The molecule has 1 rings (SSSR count). The van der Waals surface area contributed by atoms with Gasteiger partial charge in [0.15, 0.2) is 0 Å². The van der Waals surface area contributed by atoms with E-state index in [4.69, 9.17) is 0 Å². The molecule has 0 aliphatic carbocycles. The minimum atomic E-state index is -0.699. The van der Waals surface area contributed by atoms with Crippen molar-refractivity contribution in [3.8, 4) is 0 Å². The summed E-state index contributed by atoms with van der Waals surface area (Å²) in [6.07, 6.45) is 0.740. The number of nitrogens with one attached hydrogen (secondary N) is 1. The molecule has 0 spiro atoms. The molecule has 1 fully saturated rings. The average Bonchev–Trinajstić information content (AvgIpc) is 2.53. The van der Waals surface area contributed by atoms with Crippen LogP contribution in [0.25, 0.3) is 0 Å². The molecule has 2 unspecified atom stereocenters. The Bertz CT molecular complexity index is 212. The Morgan fingerprint density at radius 3 is 2.50 bits per heavy atom. The predicted molar refractivity (Wildman–Crippen MR) is 59.7 cm³/mol. The summed E-state index contributed by atoms with van der Waals surface area (Å²) in [6, 6.07) is 0.254. The maximum absolute atomic E-state index is 11.2. The highest BCUT2D eigenvalue weighted by atomic mass is 32.2. The molecule has 4 heteroatoms. The Labute approximate surface area is 89.6 Å². The Balaban J connectivity index is 2.65. The van der Waals surface area contributed by atoms with Gasteiger partial charge in [-0.05, 0) is 25.0 Å². The highest BCUT2D eigenvalue weighted by molar-refractivity contribution is 7.99. The molecule has 0 aromatic carbocycles. The lowest BCUT2D eigenvalue weighted by atomic mass is 9.95. The summed E-state index contributed by atoms with van der Waals surface area (Å²) < 4.78 is 0. The first kappa shape index (κ1) is 11.9. The summed E-state index contributed by atoms with van der Waals surface area (Å²) in [5, 5.41) is 12.5. The van der Waals surface area contributed by atoms with Crippen LogP contribution in [0.3, 0.4) is 0 Å². The predicted octanol–water partition coefficient (Wildman–Crippen LogP) is 1.58. The van der Waals surface area contributed by atoms with Crippen molar-refractivity contribution in [2.24, 2.45) is 5.92 Å². The zero-order valence-corrected chi connectivity index (χ0v) is 9.86. The smallest absolute Gasteiger partial charge is 0.324 e. The van der Waals surface area contributed by atoms with Gasteiger partial charge in [0.25, 0.3) is 0 Å². The van der Waals surface area contributed by atoms with Crippen molar-refractivity contribution in [2.45, 2.75) is 38.8 Å². The van der Waals surface area contributed by atoms with Crippen molar-refractivity contribution in [3.63, 3.8) is 0 Å². The first-order valence-electron chi connectivity index (χ1n) is 5.07. The third kappa shape index (κ3) is 2.42. The minimum Gasteiger partial charge on any atom is -0.480 e. The standard InChI is InChI=1S/C10H19NO2S/c1-7(2)8(3)11-10(9(12)13)4-5-14-6-10/h7-8,11H,4-6H2,1-3H3,(H,12,13). The molecule has 0 aromatic rings. The van der Waals surface area contributed by atoms with Crippen LogP contribution in [0.4, 0.5) is 0 Å². The monoisotopic (exact) mass is 217 g/mol. The van der Waals surface area contributed by atoms with Gasteiger partial charge in [0, 0.05) is 11.8 Å². The molecule has 2 atom stereocenters. The van der Waals surface area contributed by atoms with E-state index in [9.17, 15) is 9.90 Å². The van der Waals surface area contributed by atoms with Crippen LogP contribution in [0.15, 0.2) is 0 Å². The van der Waals surface area contributed by atoms with Crippen LogP contribution in [0, 0.1) is 5.92 Å². The molecule has 1 aliphatic rings. The molecule has 2 N–H and O–H groups in total. The fourth-order valence-corrected chi connectivity index (χ4v) is 2.85. The van der Waals surface area contributed by atoms with Crippen LogP contribution < -0.4 is 5.32 Å². The summed E-state index contributed by atoms with van der Waals surface area (Å²) in [4.78, 5) is 11.2. The summed E-state index contributed by atoms with van der Waals surface area (Å²) >= 11 is 1.72. The normalized spacial score (nSPS) is 29.4. The largest absolute Gasteiger partial charge is 0.480 e. The fourth-order valence-electron chi connectivity index (χ4n) is 1.51. The van der Waals surface area contributed by atoms with Crippen molar-refractivity contribution < 1.29 is 9.90 Å². The Morgan fingerprint density at radius 1 is 1.50 bits per heavy atom. The Kier molecular flexibility index (Phi) is 3.84. The van der Waals surface area contributed by atoms with Crippen LogP contribution >= 0.6 is 11.8 Å². The van der Waals surface area contributed by atoms with Crippen LogP contribution in [0.2, 0.25) is 0 Å². The Morgan fingerprint density at radius 2 is 2.14 bits per heavy atom. The molecule has 0 amide bonds. The molecular weight excluding hydrogens is 198 g/mol. The lowest BCUT2D eigenvalue weighted by Gasteiger charge is -2.30. The van der Waals surface area contributed by atoms with E-state index in [0.717, 1.165) is 12.2 Å². The van der Waals surface area contributed by atoms with Crippen molar-refractivity contribution in [2.75, 3.05) is 11.5 Å². The molecule has 1 heterocycles. The number of hydrogen-bond donors (Lipinski definition) is 2. The summed E-state index contributed by atoms with van der Waals surface area (Å²) in [5.74, 6) is 1.41. The van der Waals surface area contributed by atoms with Gasteiger partial charge in [-0.15, -0.1) is 0 Å². The second-order valence-corrected chi connectivity index (χ2v) is 5.47. The number of carbonyl (C=O) groups is 1. The summed E-state index contributed by atoms with van der Waals surface area (Å²) in [7, 11) is 0. The van der Waals surface area contributed by atoms with E-state index in [1.807, 2.05) is 0 Å². The second kappa shape index (κ2) is 4.53. The van der Waals surface area contributed by atoms with Gasteiger partial charge in [0.1, 0.15) is 5.54 Å². The van der Waals surface area contributed by atoms with Crippen LogP contribution in [0.5, 0.6) is 0 Å². The molecule has 1 aliphatic heterocycles. The number of carboxylic acids is 1. The quantitative estimate of drug-likeness (QED) is 0.750. The van der Waals surface area contributed by atoms with E-state index in [1.165, 1.54) is 0 Å². The van der Waals surface area contributed by atoms with Gasteiger partial charge < -0.3 is 5.11 Å². The van der Waals surface area contributed by atoms with Gasteiger partial charge in [-0.1, -0.05) is 13.8 Å². The molecule has 82 valence electrons. The molecular formula is C10H19NO2S. The van der Waals surface area contributed by atoms with Gasteiger partial charge >= 0.3 is 5.97 Å². The van der Waals surface area contributed by atoms with Gasteiger partial charge in [0.05, 0.1) is 0 Å². The average molecular weight is 217 g/mol.